The number of hydrogen-bond donors (Lipinski definition) is 2. The second kappa shape index (κ2) is 6.45. The average Bonchev–Trinajstić information content (AvgIpc) is 2.98. The number of amides is 1. The van der Waals surface area contributed by atoms with Gasteiger partial charge >= 0.3 is 0 Å². The molecule has 0 spiro atoms. The summed E-state index contributed by atoms with van der Waals surface area (Å²) in [5.41, 5.74) is 2.40. The molecule has 0 saturated carbocycles. The van der Waals surface area contributed by atoms with Crippen molar-refractivity contribution in [3.8, 4) is 0 Å². The number of aryl methyl sites for hydroxylation is 2. The van der Waals surface area contributed by atoms with E-state index in [1.165, 1.54) is 10.8 Å². The monoisotopic (exact) mass is 345 g/mol. The molecule has 0 aliphatic carbocycles. The van der Waals surface area contributed by atoms with E-state index in [2.05, 4.69) is 20.4 Å². The van der Waals surface area contributed by atoms with Gasteiger partial charge in [-0.1, -0.05) is 17.7 Å². The summed E-state index contributed by atoms with van der Waals surface area (Å²) in [4.78, 5) is 32.7. The van der Waals surface area contributed by atoms with Crippen LogP contribution < -0.4 is 10.9 Å². The first-order valence-electron chi connectivity index (χ1n) is 7.43. The summed E-state index contributed by atoms with van der Waals surface area (Å²) in [5, 5.41) is 5.95. The van der Waals surface area contributed by atoms with Gasteiger partial charge in [0.05, 0.1) is 16.4 Å². The maximum Gasteiger partial charge on any atom is 0.277 e. The zero-order valence-corrected chi connectivity index (χ0v) is 14.0. The van der Waals surface area contributed by atoms with Crippen LogP contribution in [0.1, 0.15) is 23.2 Å². The lowest BCUT2D eigenvalue weighted by Crippen LogP contribution is -2.23. The molecule has 7 nitrogen and oxygen atoms in total. The van der Waals surface area contributed by atoms with E-state index in [9.17, 15) is 9.59 Å². The number of hydrogen-bond acceptors (Lipinski definition) is 4. The summed E-state index contributed by atoms with van der Waals surface area (Å²) in [6.07, 6.45) is 1.84. The van der Waals surface area contributed by atoms with E-state index in [1.54, 1.807) is 19.1 Å². The molecule has 0 aliphatic rings. The van der Waals surface area contributed by atoms with Gasteiger partial charge in [0.15, 0.2) is 0 Å². The molecule has 0 atom stereocenters. The van der Waals surface area contributed by atoms with E-state index in [0.29, 0.717) is 27.7 Å². The number of rotatable bonds is 4. The molecule has 0 radical (unpaired) electrons. The van der Waals surface area contributed by atoms with Crippen molar-refractivity contribution < 1.29 is 4.79 Å². The Bertz CT molecular complexity index is 976. The molecule has 0 saturated heterocycles. The van der Waals surface area contributed by atoms with Crippen LogP contribution in [0.2, 0.25) is 5.02 Å². The number of nitrogens with one attached hydrogen (secondary N) is 2. The van der Waals surface area contributed by atoms with Crippen molar-refractivity contribution in [2.75, 3.05) is 5.32 Å². The summed E-state index contributed by atoms with van der Waals surface area (Å²) in [6.45, 7) is 3.66. The van der Waals surface area contributed by atoms with Crippen LogP contribution in [-0.2, 0) is 11.2 Å². The van der Waals surface area contributed by atoms with Crippen LogP contribution in [0, 0.1) is 13.8 Å². The molecule has 2 N–H and O–H groups in total. The average molecular weight is 346 g/mol. The molecule has 2 heterocycles. The van der Waals surface area contributed by atoms with Gasteiger partial charge in [0.1, 0.15) is 6.33 Å². The fourth-order valence-corrected chi connectivity index (χ4v) is 2.74. The summed E-state index contributed by atoms with van der Waals surface area (Å²) >= 11 is 6.10. The first-order valence-corrected chi connectivity index (χ1v) is 7.81. The number of benzene rings is 1. The predicted molar refractivity (Wildman–Crippen MR) is 91.5 cm³/mol. The number of aromatic nitrogens is 4. The highest BCUT2D eigenvalue weighted by molar-refractivity contribution is 6.33. The van der Waals surface area contributed by atoms with Gasteiger partial charge in [0, 0.05) is 12.0 Å². The van der Waals surface area contributed by atoms with Crippen molar-refractivity contribution >= 4 is 29.0 Å². The maximum atomic E-state index is 12.4. The van der Waals surface area contributed by atoms with Crippen LogP contribution in [-0.4, -0.2) is 25.5 Å². The Balaban J connectivity index is 1.73. The van der Waals surface area contributed by atoms with E-state index in [1.807, 2.05) is 13.0 Å². The zero-order chi connectivity index (χ0) is 17.3. The number of nitrogens with zero attached hydrogens (tertiary/aromatic N) is 3. The molecule has 8 heteroatoms. The molecule has 24 heavy (non-hydrogen) atoms. The SMILES string of the molecule is Cc1ccc(NC(=O)CCc2c(C)nc3nc[nH]n3c2=O)c(Cl)c1. The van der Waals surface area contributed by atoms with Gasteiger partial charge in [-0.3, -0.25) is 14.7 Å². The van der Waals surface area contributed by atoms with E-state index >= 15 is 0 Å². The third-order valence-corrected chi connectivity index (χ3v) is 4.05. The van der Waals surface area contributed by atoms with Crippen LogP contribution in [0.4, 0.5) is 5.69 Å². The van der Waals surface area contributed by atoms with Crippen LogP contribution in [0.5, 0.6) is 0 Å². The topological polar surface area (TPSA) is 92.2 Å². The van der Waals surface area contributed by atoms with Crippen molar-refractivity contribution in [1.29, 1.82) is 0 Å². The molecule has 0 aliphatic heterocycles. The molecule has 124 valence electrons. The lowest BCUT2D eigenvalue weighted by atomic mass is 10.1. The first kappa shape index (κ1) is 16.2. The molecule has 0 bridgehead atoms. The third kappa shape index (κ3) is 3.16. The Labute approximate surface area is 142 Å². The van der Waals surface area contributed by atoms with Crippen LogP contribution in [0.25, 0.3) is 5.78 Å². The van der Waals surface area contributed by atoms with Crippen LogP contribution in [0.3, 0.4) is 0 Å². The van der Waals surface area contributed by atoms with Gasteiger partial charge in [-0.15, -0.1) is 0 Å². The Morgan fingerprint density at radius 3 is 2.92 bits per heavy atom. The normalized spacial score (nSPS) is 11.0. The summed E-state index contributed by atoms with van der Waals surface area (Å²) in [5.74, 6) is 0.103. The standard InChI is InChI=1S/C16H16ClN5O2/c1-9-3-5-13(12(17)7-9)21-14(23)6-4-11-10(2)20-16-18-8-19-22(16)15(11)24/h3,5,7-8H,4,6H2,1-2H3,(H,21,23)(H,18,19,20). The molecular formula is C16H16ClN5O2. The van der Waals surface area contributed by atoms with E-state index in [-0.39, 0.29) is 24.3 Å². The zero-order valence-electron chi connectivity index (χ0n) is 13.3. The van der Waals surface area contributed by atoms with Gasteiger partial charge in [0.2, 0.25) is 5.91 Å². The van der Waals surface area contributed by atoms with E-state index in [0.717, 1.165) is 5.56 Å². The van der Waals surface area contributed by atoms with Crippen LogP contribution in [0.15, 0.2) is 29.3 Å². The van der Waals surface area contributed by atoms with E-state index in [4.69, 9.17) is 11.6 Å². The Kier molecular flexibility index (Phi) is 4.35. The molecule has 1 aromatic carbocycles. The van der Waals surface area contributed by atoms with Gasteiger partial charge in [-0.2, -0.15) is 4.52 Å². The minimum atomic E-state index is -0.240. The van der Waals surface area contributed by atoms with Gasteiger partial charge < -0.3 is 5.32 Å². The molecule has 2 aromatic heterocycles. The van der Waals surface area contributed by atoms with Crippen molar-refractivity contribution in [2.24, 2.45) is 0 Å². The van der Waals surface area contributed by atoms with Gasteiger partial charge in [-0.25, -0.2) is 9.97 Å². The van der Waals surface area contributed by atoms with Crippen molar-refractivity contribution in [2.45, 2.75) is 26.7 Å². The Morgan fingerprint density at radius 2 is 2.17 bits per heavy atom. The lowest BCUT2D eigenvalue weighted by molar-refractivity contribution is -0.116. The summed E-state index contributed by atoms with van der Waals surface area (Å²) < 4.78 is 1.26. The van der Waals surface area contributed by atoms with Crippen LogP contribution >= 0.6 is 11.6 Å². The fourth-order valence-electron chi connectivity index (χ4n) is 2.46. The number of aromatic amines is 1. The highest BCUT2D eigenvalue weighted by atomic mass is 35.5. The largest absolute Gasteiger partial charge is 0.325 e. The highest BCUT2D eigenvalue weighted by Crippen LogP contribution is 2.22. The van der Waals surface area contributed by atoms with Crippen molar-refractivity contribution in [3.05, 3.63) is 56.7 Å². The smallest absolute Gasteiger partial charge is 0.277 e. The molecule has 0 fully saturated rings. The first-order chi connectivity index (χ1) is 11.5. The number of carbonyl (C=O) groups is 1. The second-order valence-electron chi connectivity index (χ2n) is 5.54. The predicted octanol–water partition coefficient (Wildman–Crippen LogP) is 2.26. The third-order valence-electron chi connectivity index (χ3n) is 3.73. The number of fused-ring (bicyclic) bond motifs is 1. The highest BCUT2D eigenvalue weighted by Gasteiger charge is 2.13. The summed E-state index contributed by atoms with van der Waals surface area (Å²) in [7, 11) is 0. The number of halogens is 1. The molecule has 3 aromatic rings. The molecular weight excluding hydrogens is 330 g/mol. The maximum absolute atomic E-state index is 12.4. The molecule has 0 unspecified atom stereocenters. The number of carbonyl (C=O) groups excluding carboxylic acids is 1. The second-order valence-corrected chi connectivity index (χ2v) is 5.94. The Morgan fingerprint density at radius 1 is 1.38 bits per heavy atom. The minimum Gasteiger partial charge on any atom is -0.325 e. The Hall–Kier alpha value is -2.67. The fraction of sp³-hybridized carbons (Fsp3) is 0.250. The van der Waals surface area contributed by atoms with E-state index < -0.39 is 0 Å². The van der Waals surface area contributed by atoms with Gasteiger partial charge in [-0.05, 0) is 38.0 Å². The number of H-pyrrole nitrogens is 1. The molecule has 1 amide bonds. The lowest BCUT2D eigenvalue weighted by Gasteiger charge is -2.08. The van der Waals surface area contributed by atoms with Crippen molar-refractivity contribution in [3.63, 3.8) is 0 Å². The van der Waals surface area contributed by atoms with Crippen molar-refractivity contribution in [1.82, 2.24) is 19.6 Å². The molecule has 3 rings (SSSR count). The summed E-state index contributed by atoms with van der Waals surface area (Å²) in [6, 6.07) is 5.41. The van der Waals surface area contributed by atoms with Gasteiger partial charge in [0.25, 0.3) is 11.3 Å². The number of anilines is 1. The minimum absolute atomic E-state index is 0.155. The quantitative estimate of drug-likeness (QED) is 0.758.